The SMILES string of the molecule is CCCC(C)NC(=O)COC(=O)c1cc(N)cc(Cl)c1. The number of nitrogen functional groups attached to an aromatic ring is 1. The van der Waals surface area contributed by atoms with Crippen LogP contribution < -0.4 is 11.1 Å². The van der Waals surface area contributed by atoms with Crippen LogP contribution in [0, 0.1) is 0 Å². The van der Waals surface area contributed by atoms with Gasteiger partial charge in [-0.3, -0.25) is 4.79 Å². The molecule has 0 aromatic heterocycles. The predicted molar refractivity (Wildman–Crippen MR) is 78.7 cm³/mol. The van der Waals surface area contributed by atoms with E-state index in [1.807, 2.05) is 13.8 Å². The van der Waals surface area contributed by atoms with Gasteiger partial charge in [0.1, 0.15) is 0 Å². The number of carbonyl (C=O) groups excluding carboxylic acids is 2. The number of amides is 1. The van der Waals surface area contributed by atoms with Crippen molar-refractivity contribution in [3.05, 3.63) is 28.8 Å². The van der Waals surface area contributed by atoms with Crippen molar-refractivity contribution >= 4 is 29.2 Å². The third kappa shape index (κ3) is 5.48. The molecule has 110 valence electrons. The zero-order valence-electron chi connectivity index (χ0n) is 11.6. The summed E-state index contributed by atoms with van der Waals surface area (Å²) in [6.07, 6.45) is 1.85. The molecular weight excluding hydrogens is 280 g/mol. The van der Waals surface area contributed by atoms with Crippen LogP contribution in [-0.2, 0) is 9.53 Å². The average molecular weight is 299 g/mol. The van der Waals surface area contributed by atoms with E-state index in [4.69, 9.17) is 22.1 Å². The van der Waals surface area contributed by atoms with Crippen LogP contribution in [0.3, 0.4) is 0 Å². The largest absolute Gasteiger partial charge is 0.452 e. The van der Waals surface area contributed by atoms with Gasteiger partial charge in [-0.2, -0.15) is 0 Å². The van der Waals surface area contributed by atoms with Crippen LogP contribution in [0.1, 0.15) is 37.0 Å². The molecule has 3 N–H and O–H groups in total. The highest BCUT2D eigenvalue weighted by molar-refractivity contribution is 6.31. The fourth-order valence-corrected chi connectivity index (χ4v) is 2.01. The van der Waals surface area contributed by atoms with E-state index in [0.717, 1.165) is 12.8 Å². The topological polar surface area (TPSA) is 81.4 Å². The molecule has 0 aliphatic rings. The molecule has 0 saturated carbocycles. The van der Waals surface area contributed by atoms with Crippen molar-refractivity contribution in [2.45, 2.75) is 32.7 Å². The second-order valence-corrected chi connectivity index (χ2v) is 5.04. The Morgan fingerprint density at radius 1 is 1.40 bits per heavy atom. The number of nitrogens with one attached hydrogen (secondary N) is 1. The van der Waals surface area contributed by atoms with E-state index in [0.29, 0.717) is 10.7 Å². The summed E-state index contributed by atoms with van der Waals surface area (Å²) in [5.74, 6) is -0.952. The first-order chi connectivity index (χ1) is 9.42. The van der Waals surface area contributed by atoms with Crippen molar-refractivity contribution in [2.24, 2.45) is 0 Å². The van der Waals surface area contributed by atoms with E-state index in [2.05, 4.69) is 5.32 Å². The van der Waals surface area contributed by atoms with Crippen molar-refractivity contribution in [3.63, 3.8) is 0 Å². The van der Waals surface area contributed by atoms with Gasteiger partial charge in [0.2, 0.25) is 0 Å². The van der Waals surface area contributed by atoms with Crippen molar-refractivity contribution < 1.29 is 14.3 Å². The van der Waals surface area contributed by atoms with E-state index in [1.54, 1.807) is 0 Å². The van der Waals surface area contributed by atoms with Crippen molar-refractivity contribution in [3.8, 4) is 0 Å². The molecule has 1 amide bonds. The van der Waals surface area contributed by atoms with Crippen LogP contribution >= 0.6 is 11.6 Å². The van der Waals surface area contributed by atoms with Gasteiger partial charge in [-0.25, -0.2) is 4.79 Å². The van der Waals surface area contributed by atoms with Gasteiger partial charge in [-0.05, 0) is 31.5 Å². The van der Waals surface area contributed by atoms with Crippen LogP contribution in [-0.4, -0.2) is 24.5 Å². The van der Waals surface area contributed by atoms with Gasteiger partial charge in [-0.1, -0.05) is 24.9 Å². The second kappa shape index (κ2) is 7.75. The molecule has 1 atom stereocenters. The number of hydrogen-bond donors (Lipinski definition) is 2. The Hall–Kier alpha value is -1.75. The number of nitrogens with two attached hydrogens (primary N) is 1. The number of halogens is 1. The number of benzene rings is 1. The van der Waals surface area contributed by atoms with Gasteiger partial charge in [0.15, 0.2) is 6.61 Å². The molecule has 6 heteroatoms. The predicted octanol–water partition coefficient (Wildman–Crippen LogP) is 2.38. The summed E-state index contributed by atoms with van der Waals surface area (Å²) in [4.78, 5) is 23.3. The number of hydrogen-bond acceptors (Lipinski definition) is 4. The Morgan fingerprint density at radius 2 is 2.10 bits per heavy atom. The molecule has 0 saturated heterocycles. The molecule has 5 nitrogen and oxygen atoms in total. The number of esters is 1. The third-order valence-electron chi connectivity index (χ3n) is 2.62. The molecule has 0 fully saturated rings. The molecular formula is C14H19ClN2O3. The number of ether oxygens (including phenoxy) is 1. The van der Waals surface area contributed by atoms with Crippen molar-refractivity contribution in [1.29, 1.82) is 0 Å². The lowest BCUT2D eigenvalue weighted by Gasteiger charge is -2.12. The summed E-state index contributed by atoms with van der Waals surface area (Å²) in [5, 5.41) is 3.09. The molecule has 20 heavy (non-hydrogen) atoms. The first kappa shape index (κ1) is 16.3. The molecule has 0 heterocycles. The zero-order chi connectivity index (χ0) is 15.1. The fraction of sp³-hybridized carbons (Fsp3) is 0.429. The second-order valence-electron chi connectivity index (χ2n) is 4.61. The minimum atomic E-state index is -0.627. The third-order valence-corrected chi connectivity index (χ3v) is 2.84. The summed E-state index contributed by atoms with van der Waals surface area (Å²) in [6, 6.07) is 4.48. The van der Waals surface area contributed by atoms with Gasteiger partial charge in [-0.15, -0.1) is 0 Å². The Bertz CT molecular complexity index is 471. The molecule has 0 aliphatic heterocycles. The van der Waals surface area contributed by atoms with E-state index < -0.39 is 5.97 Å². The lowest BCUT2D eigenvalue weighted by molar-refractivity contribution is -0.124. The lowest BCUT2D eigenvalue weighted by atomic mass is 10.2. The highest BCUT2D eigenvalue weighted by Crippen LogP contribution is 2.17. The fourth-order valence-electron chi connectivity index (χ4n) is 1.77. The Labute approximate surface area is 123 Å². The number of rotatable bonds is 6. The van der Waals surface area contributed by atoms with E-state index in [1.165, 1.54) is 18.2 Å². The van der Waals surface area contributed by atoms with E-state index >= 15 is 0 Å². The Kier molecular flexibility index (Phi) is 6.31. The summed E-state index contributed by atoms with van der Waals surface area (Å²) >= 11 is 5.79. The number of anilines is 1. The normalized spacial score (nSPS) is 11.8. The molecule has 1 aromatic rings. The minimum absolute atomic E-state index is 0.0630. The van der Waals surface area contributed by atoms with Crippen LogP contribution in [0.15, 0.2) is 18.2 Å². The molecule has 1 unspecified atom stereocenters. The number of carbonyl (C=O) groups is 2. The summed E-state index contributed by atoms with van der Waals surface area (Å²) < 4.78 is 4.91. The summed E-state index contributed by atoms with van der Waals surface area (Å²) in [7, 11) is 0. The first-order valence-corrected chi connectivity index (χ1v) is 6.82. The highest BCUT2D eigenvalue weighted by Gasteiger charge is 2.12. The quantitative estimate of drug-likeness (QED) is 0.624. The van der Waals surface area contributed by atoms with Crippen LogP contribution in [0.25, 0.3) is 0 Å². The van der Waals surface area contributed by atoms with Crippen LogP contribution in [0.2, 0.25) is 5.02 Å². The zero-order valence-corrected chi connectivity index (χ0v) is 12.4. The van der Waals surface area contributed by atoms with Crippen LogP contribution in [0.5, 0.6) is 0 Å². The smallest absolute Gasteiger partial charge is 0.338 e. The summed E-state index contributed by atoms with van der Waals surface area (Å²) in [6.45, 7) is 3.62. The highest BCUT2D eigenvalue weighted by atomic mass is 35.5. The maximum absolute atomic E-state index is 11.7. The molecule has 0 spiro atoms. The lowest BCUT2D eigenvalue weighted by Crippen LogP contribution is -2.35. The first-order valence-electron chi connectivity index (χ1n) is 6.45. The average Bonchev–Trinajstić information content (AvgIpc) is 2.35. The van der Waals surface area contributed by atoms with Crippen molar-refractivity contribution in [2.75, 3.05) is 12.3 Å². The van der Waals surface area contributed by atoms with Gasteiger partial charge < -0.3 is 15.8 Å². The maximum Gasteiger partial charge on any atom is 0.338 e. The van der Waals surface area contributed by atoms with Gasteiger partial charge >= 0.3 is 5.97 Å². The summed E-state index contributed by atoms with van der Waals surface area (Å²) in [5.41, 5.74) is 6.17. The minimum Gasteiger partial charge on any atom is -0.452 e. The molecule has 0 aliphatic carbocycles. The van der Waals surface area contributed by atoms with Crippen molar-refractivity contribution in [1.82, 2.24) is 5.32 Å². The Morgan fingerprint density at radius 3 is 2.70 bits per heavy atom. The van der Waals surface area contributed by atoms with E-state index in [9.17, 15) is 9.59 Å². The Balaban J connectivity index is 2.48. The molecule has 0 bridgehead atoms. The van der Waals surface area contributed by atoms with Crippen LogP contribution in [0.4, 0.5) is 5.69 Å². The van der Waals surface area contributed by atoms with E-state index in [-0.39, 0.29) is 24.1 Å². The molecule has 1 rings (SSSR count). The van der Waals surface area contributed by atoms with Gasteiger partial charge in [0, 0.05) is 16.8 Å². The van der Waals surface area contributed by atoms with Gasteiger partial charge in [0.05, 0.1) is 5.56 Å². The maximum atomic E-state index is 11.7. The monoisotopic (exact) mass is 298 g/mol. The standard InChI is InChI=1S/C14H19ClN2O3/c1-3-4-9(2)17-13(18)8-20-14(19)10-5-11(15)7-12(16)6-10/h5-7,9H,3-4,8,16H2,1-2H3,(H,17,18). The molecule has 0 radical (unpaired) electrons. The van der Waals surface area contributed by atoms with Gasteiger partial charge in [0.25, 0.3) is 5.91 Å². The molecule has 1 aromatic carbocycles.